The van der Waals surface area contributed by atoms with E-state index in [2.05, 4.69) is 0 Å². The number of phenols is 1. The van der Waals surface area contributed by atoms with Gasteiger partial charge in [-0.15, -0.1) is 11.8 Å². The SMILES string of the molecule is CSc1cc(C(N)CN)c(O)cc1C. The fourth-order valence-electron chi connectivity index (χ4n) is 1.33. The van der Waals surface area contributed by atoms with Gasteiger partial charge < -0.3 is 16.6 Å². The van der Waals surface area contributed by atoms with Crippen molar-refractivity contribution in [2.24, 2.45) is 11.5 Å². The zero-order valence-corrected chi connectivity index (χ0v) is 9.27. The number of benzene rings is 1. The molecule has 0 heterocycles. The highest BCUT2D eigenvalue weighted by molar-refractivity contribution is 7.98. The zero-order chi connectivity index (χ0) is 10.7. The highest BCUT2D eigenvalue weighted by Gasteiger charge is 2.11. The van der Waals surface area contributed by atoms with Gasteiger partial charge in [-0.1, -0.05) is 0 Å². The highest BCUT2D eigenvalue weighted by Crippen LogP contribution is 2.30. The molecule has 1 aromatic carbocycles. The summed E-state index contributed by atoms with van der Waals surface area (Å²) in [5.74, 6) is 0.234. The summed E-state index contributed by atoms with van der Waals surface area (Å²) in [6.45, 7) is 2.30. The molecule has 0 fully saturated rings. The van der Waals surface area contributed by atoms with Gasteiger partial charge in [0.1, 0.15) is 5.75 Å². The monoisotopic (exact) mass is 212 g/mol. The Balaban J connectivity index is 3.17. The summed E-state index contributed by atoms with van der Waals surface area (Å²) < 4.78 is 0. The van der Waals surface area contributed by atoms with E-state index in [1.807, 2.05) is 19.2 Å². The van der Waals surface area contributed by atoms with Crippen LogP contribution < -0.4 is 11.5 Å². The highest BCUT2D eigenvalue weighted by atomic mass is 32.2. The summed E-state index contributed by atoms with van der Waals surface area (Å²) in [5, 5.41) is 9.67. The molecule has 0 aliphatic rings. The van der Waals surface area contributed by atoms with Crippen LogP contribution in [0.15, 0.2) is 17.0 Å². The van der Waals surface area contributed by atoms with E-state index in [1.54, 1.807) is 17.8 Å². The van der Waals surface area contributed by atoms with Crippen LogP contribution in [0.1, 0.15) is 17.2 Å². The fraction of sp³-hybridized carbons (Fsp3) is 0.400. The molecule has 0 aliphatic heterocycles. The number of aromatic hydroxyl groups is 1. The van der Waals surface area contributed by atoms with Crippen LogP contribution in [0.4, 0.5) is 0 Å². The number of phenolic OH excluding ortho intramolecular Hbond substituents is 1. The molecule has 1 unspecified atom stereocenters. The van der Waals surface area contributed by atoms with E-state index in [0.717, 1.165) is 16.0 Å². The molecule has 0 aromatic heterocycles. The maximum absolute atomic E-state index is 9.67. The summed E-state index contributed by atoms with van der Waals surface area (Å²) in [7, 11) is 0. The minimum Gasteiger partial charge on any atom is -0.508 e. The van der Waals surface area contributed by atoms with E-state index in [0.29, 0.717) is 6.54 Å². The first-order valence-corrected chi connectivity index (χ1v) is 5.65. The number of hydrogen-bond donors (Lipinski definition) is 3. The number of rotatable bonds is 3. The second-order valence-electron chi connectivity index (χ2n) is 3.22. The predicted octanol–water partition coefficient (Wildman–Crippen LogP) is 1.38. The molecule has 0 saturated carbocycles. The van der Waals surface area contributed by atoms with Crippen molar-refractivity contribution in [1.29, 1.82) is 0 Å². The number of nitrogens with two attached hydrogens (primary N) is 2. The summed E-state index contributed by atoms with van der Waals surface area (Å²) in [4.78, 5) is 1.13. The summed E-state index contributed by atoms with van der Waals surface area (Å²) in [6.07, 6.45) is 2.00. The van der Waals surface area contributed by atoms with E-state index in [9.17, 15) is 5.11 Å². The maximum atomic E-state index is 9.67. The Morgan fingerprint density at radius 3 is 2.64 bits per heavy atom. The smallest absolute Gasteiger partial charge is 0.120 e. The molecular weight excluding hydrogens is 196 g/mol. The molecule has 1 atom stereocenters. The Kier molecular flexibility index (Phi) is 3.80. The minimum atomic E-state index is -0.290. The van der Waals surface area contributed by atoms with Crippen LogP contribution in [0.25, 0.3) is 0 Å². The Labute approximate surface area is 88.5 Å². The fourth-order valence-corrected chi connectivity index (χ4v) is 1.96. The van der Waals surface area contributed by atoms with Crippen LogP contribution >= 0.6 is 11.8 Å². The summed E-state index contributed by atoms with van der Waals surface area (Å²) in [5.41, 5.74) is 13.0. The topological polar surface area (TPSA) is 72.3 Å². The molecule has 1 aromatic rings. The largest absolute Gasteiger partial charge is 0.508 e. The van der Waals surface area contributed by atoms with Crippen molar-refractivity contribution < 1.29 is 5.11 Å². The van der Waals surface area contributed by atoms with Crippen LogP contribution in [0, 0.1) is 6.92 Å². The Morgan fingerprint density at radius 2 is 2.14 bits per heavy atom. The molecule has 78 valence electrons. The van der Waals surface area contributed by atoms with Gasteiger partial charge in [0.2, 0.25) is 0 Å². The second kappa shape index (κ2) is 4.68. The Hall–Kier alpha value is -0.710. The third-order valence-electron chi connectivity index (χ3n) is 2.20. The van der Waals surface area contributed by atoms with Crippen LogP contribution in [0.2, 0.25) is 0 Å². The maximum Gasteiger partial charge on any atom is 0.120 e. The number of hydrogen-bond acceptors (Lipinski definition) is 4. The van der Waals surface area contributed by atoms with Crippen LogP contribution in [-0.2, 0) is 0 Å². The first kappa shape index (κ1) is 11.4. The Morgan fingerprint density at radius 1 is 1.50 bits per heavy atom. The van der Waals surface area contributed by atoms with Gasteiger partial charge >= 0.3 is 0 Å². The predicted molar refractivity (Wildman–Crippen MR) is 60.6 cm³/mol. The second-order valence-corrected chi connectivity index (χ2v) is 4.07. The van der Waals surface area contributed by atoms with Crippen LogP contribution in [0.3, 0.4) is 0 Å². The molecule has 0 spiro atoms. The van der Waals surface area contributed by atoms with Crippen LogP contribution in [-0.4, -0.2) is 17.9 Å². The van der Waals surface area contributed by atoms with E-state index < -0.39 is 0 Å². The van der Waals surface area contributed by atoms with Crippen molar-refractivity contribution in [1.82, 2.24) is 0 Å². The molecule has 14 heavy (non-hydrogen) atoms. The molecule has 0 aliphatic carbocycles. The molecule has 4 heteroatoms. The van der Waals surface area contributed by atoms with Crippen molar-refractivity contribution in [3.05, 3.63) is 23.3 Å². The lowest BCUT2D eigenvalue weighted by Gasteiger charge is -2.14. The quantitative estimate of drug-likeness (QED) is 0.662. The van der Waals surface area contributed by atoms with E-state index in [1.165, 1.54) is 0 Å². The first-order chi connectivity index (χ1) is 6.60. The molecule has 0 bridgehead atoms. The van der Waals surface area contributed by atoms with E-state index in [4.69, 9.17) is 11.5 Å². The lowest BCUT2D eigenvalue weighted by molar-refractivity contribution is 0.460. The molecule has 1 rings (SSSR count). The van der Waals surface area contributed by atoms with Gasteiger partial charge in [-0.3, -0.25) is 0 Å². The standard InChI is InChI=1S/C10H16N2OS/c1-6-3-9(13)7(8(12)5-11)4-10(6)14-2/h3-4,8,13H,5,11-12H2,1-2H3. The molecule has 0 radical (unpaired) electrons. The lowest BCUT2D eigenvalue weighted by atomic mass is 10.0. The van der Waals surface area contributed by atoms with E-state index in [-0.39, 0.29) is 11.8 Å². The third kappa shape index (κ3) is 2.20. The first-order valence-electron chi connectivity index (χ1n) is 4.43. The summed E-state index contributed by atoms with van der Waals surface area (Å²) >= 11 is 1.64. The van der Waals surface area contributed by atoms with Gasteiger partial charge in [0.05, 0.1) is 0 Å². The molecule has 0 saturated heterocycles. The van der Waals surface area contributed by atoms with Crippen molar-refractivity contribution in [3.63, 3.8) is 0 Å². The van der Waals surface area contributed by atoms with Gasteiger partial charge in [0, 0.05) is 23.0 Å². The normalized spacial score (nSPS) is 12.9. The molecular formula is C10H16N2OS. The summed E-state index contributed by atoms with van der Waals surface area (Å²) in [6, 6.07) is 3.35. The van der Waals surface area contributed by atoms with E-state index >= 15 is 0 Å². The zero-order valence-electron chi connectivity index (χ0n) is 8.45. The lowest BCUT2D eigenvalue weighted by Crippen LogP contribution is -2.20. The van der Waals surface area contributed by atoms with Crippen molar-refractivity contribution in [2.45, 2.75) is 17.9 Å². The number of thioether (sulfide) groups is 1. The minimum absolute atomic E-state index is 0.234. The van der Waals surface area contributed by atoms with Gasteiger partial charge in [-0.2, -0.15) is 0 Å². The van der Waals surface area contributed by atoms with Crippen LogP contribution in [0.5, 0.6) is 5.75 Å². The molecule has 0 amide bonds. The third-order valence-corrected chi connectivity index (χ3v) is 3.08. The van der Waals surface area contributed by atoms with Gasteiger partial charge in [0.25, 0.3) is 0 Å². The average Bonchev–Trinajstić information content (AvgIpc) is 2.17. The average molecular weight is 212 g/mol. The van der Waals surface area contributed by atoms with Crippen molar-refractivity contribution in [3.8, 4) is 5.75 Å². The van der Waals surface area contributed by atoms with Gasteiger partial charge in [-0.25, -0.2) is 0 Å². The molecule has 3 nitrogen and oxygen atoms in total. The van der Waals surface area contributed by atoms with Gasteiger partial charge in [-0.05, 0) is 30.9 Å². The Bertz CT molecular complexity index is 328. The van der Waals surface area contributed by atoms with Gasteiger partial charge in [0.15, 0.2) is 0 Å². The van der Waals surface area contributed by atoms with Crippen molar-refractivity contribution >= 4 is 11.8 Å². The molecule has 5 N–H and O–H groups in total. The number of aryl methyl sites for hydroxylation is 1. The van der Waals surface area contributed by atoms with Crippen molar-refractivity contribution in [2.75, 3.05) is 12.8 Å².